The number of hydrogen-bond acceptors (Lipinski definition) is 3. The van der Waals surface area contributed by atoms with Crippen LogP contribution in [0.4, 0.5) is 13.2 Å². The average Bonchev–Trinajstić information content (AvgIpc) is 2.53. The van der Waals surface area contributed by atoms with E-state index in [0.29, 0.717) is 0 Å². The molecule has 0 fully saturated rings. The van der Waals surface area contributed by atoms with Crippen molar-refractivity contribution < 1.29 is 22.8 Å². The summed E-state index contributed by atoms with van der Waals surface area (Å²) in [6, 6.07) is 1.39. The molecule has 1 aromatic rings. The molecule has 0 radical (unpaired) electrons. The lowest BCUT2D eigenvalue weighted by Gasteiger charge is -2.02. The van der Waals surface area contributed by atoms with E-state index in [-0.39, 0.29) is 5.56 Å². The van der Waals surface area contributed by atoms with E-state index in [1.54, 1.807) is 5.38 Å². The van der Waals surface area contributed by atoms with E-state index in [9.17, 15) is 22.8 Å². The van der Waals surface area contributed by atoms with E-state index in [2.05, 4.69) is 0 Å². The maximum Gasteiger partial charge on any atom is 0.450 e. The molecule has 0 aliphatic heterocycles. The number of rotatable bonds is 3. The highest BCUT2D eigenvalue weighted by Crippen LogP contribution is 2.19. The second kappa shape index (κ2) is 3.91. The quantitative estimate of drug-likeness (QED) is 0.581. The van der Waals surface area contributed by atoms with Gasteiger partial charge >= 0.3 is 6.18 Å². The van der Waals surface area contributed by atoms with Crippen LogP contribution >= 0.6 is 11.3 Å². The van der Waals surface area contributed by atoms with E-state index >= 15 is 0 Å². The highest BCUT2D eigenvalue weighted by molar-refractivity contribution is 7.08. The van der Waals surface area contributed by atoms with Gasteiger partial charge in [-0.05, 0) is 11.4 Å². The molecule has 0 unspecified atom stereocenters. The minimum absolute atomic E-state index is 0.146. The smallest absolute Gasteiger partial charge is 0.294 e. The highest BCUT2D eigenvalue weighted by Gasteiger charge is 2.39. The molecule has 0 aromatic carbocycles. The molecule has 0 saturated heterocycles. The van der Waals surface area contributed by atoms with Crippen molar-refractivity contribution >= 4 is 22.9 Å². The molecule has 0 spiro atoms. The van der Waals surface area contributed by atoms with E-state index < -0.39 is 24.2 Å². The van der Waals surface area contributed by atoms with Crippen LogP contribution in [0.2, 0.25) is 0 Å². The largest absolute Gasteiger partial charge is 0.450 e. The van der Waals surface area contributed by atoms with E-state index in [0.717, 1.165) is 0 Å². The third-order valence-electron chi connectivity index (χ3n) is 1.48. The van der Waals surface area contributed by atoms with Crippen molar-refractivity contribution in [3.8, 4) is 0 Å². The van der Waals surface area contributed by atoms with Crippen LogP contribution in [0, 0.1) is 0 Å². The van der Waals surface area contributed by atoms with Gasteiger partial charge in [-0.3, -0.25) is 9.59 Å². The Morgan fingerprint density at radius 1 is 1.36 bits per heavy atom. The number of carbonyl (C=O) groups is 2. The van der Waals surface area contributed by atoms with E-state index in [1.165, 1.54) is 22.8 Å². The van der Waals surface area contributed by atoms with Crippen molar-refractivity contribution in [2.24, 2.45) is 0 Å². The first-order valence-corrected chi connectivity index (χ1v) is 4.51. The third kappa shape index (κ3) is 2.66. The molecule has 0 saturated carbocycles. The summed E-state index contributed by atoms with van der Waals surface area (Å²) in [6.45, 7) is 0. The van der Waals surface area contributed by atoms with Crippen LogP contribution in [0.5, 0.6) is 0 Å². The lowest BCUT2D eigenvalue weighted by Crippen LogP contribution is -2.25. The lowest BCUT2D eigenvalue weighted by atomic mass is 10.1. The van der Waals surface area contributed by atoms with Gasteiger partial charge in [0.05, 0.1) is 6.42 Å². The van der Waals surface area contributed by atoms with Gasteiger partial charge in [-0.1, -0.05) is 0 Å². The standard InChI is InChI=1S/C8H5F3O2S/c9-8(10,11)7(13)3-6(12)5-1-2-14-4-5/h1-2,4H,3H2. The van der Waals surface area contributed by atoms with Gasteiger partial charge in [0.1, 0.15) is 0 Å². The molecule has 0 bridgehead atoms. The van der Waals surface area contributed by atoms with Crippen molar-refractivity contribution in [1.82, 2.24) is 0 Å². The topological polar surface area (TPSA) is 34.1 Å². The number of thiophene rings is 1. The molecular formula is C8H5F3O2S. The molecular weight excluding hydrogens is 217 g/mol. The summed E-state index contributed by atoms with van der Waals surface area (Å²) >= 11 is 1.19. The molecule has 2 nitrogen and oxygen atoms in total. The second-order valence-electron chi connectivity index (χ2n) is 2.53. The van der Waals surface area contributed by atoms with Gasteiger partial charge < -0.3 is 0 Å². The minimum Gasteiger partial charge on any atom is -0.294 e. The Balaban J connectivity index is 2.63. The number of alkyl halides is 3. The van der Waals surface area contributed by atoms with Crippen LogP contribution in [-0.4, -0.2) is 17.7 Å². The fourth-order valence-electron chi connectivity index (χ4n) is 0.771. The van der Waals surface area contributed by atoms with Gasteiger partial charge in [-0.2, -0.15) is 24.5 Å². The SMILES string of the molecule is O=C(CC(=O)C(F)(F)F)c1ccsc1. The summed E-state index contributed by atoms with van der Waals surface area (Å²) in [7, 11) is 0. The van der Waals surface area contributed by atoms with Crippen LogP contribution in [0.15, 0.2) is 16.8 Å². The van der Waals surface area contributed by atoms with E-state index in [1.807, 2.05) is 0 Å². The van der Waals surface area contributed by atoms with E-state index in [4.69, 9.17) is 0 Å². The maximum atomic E-state index is 11.8. The molecule has 1 heterocycles. The Morgan fingerprint density at radius 3 is 2.43 bits per heavy atom. The summed E-state index contributed by atoms with van der Waals surface area (Å²) in [5.41, 5.74) is 0.146. The molecule has 1 aromatic heterocycles. The number of ketones is 2. The molecule has 1 rings (SSSR count). The van der Waals surface area contributed by atoms with Crippen molar-refractivity contribution in [1.29, 1.82) is 0 Å². The monoisotopic (exact) mass is 222 g/mol. The normalized spacial score (nSPS) is 11.4. The van der Waals surface area contributed by atoms with Gasteiger partial charge in [-0.25, -0.2) is 0 Å². The molecule has 0 aliphatic carbocycles. The first-order valence-electron chi connectivity index (χ1n) is 3.56. The average molecular weight is 222 g/mol. The zero-order valence-corrected chi connectivity index (χ0v) is 7.61. The van der Waals surface area contributed by atoms with Gasteiger partial charge in [0.15, 0.2) is 5.78 Å². The maximum absolute atomic E-state index is 11.8. The fourth-order valence-corrected chi connectivity index (χ4v) is 1.43. The summed E-state index contributed by atoms with van der Waals surface area (Å²) in [6.07, 6.45) is -6.04. The molecule has 0 amide bonds. The van der Waals surface area contributed by atoms with Crippen LogP contribution in [0.25, 0.3) is 0 Å². The zero-order valence-electron chi connectivity index (χ0n) is 6.80. The van der Waals surface area contributed by atoms with Crippen molar-refractivity contribution in [2.45, 2.75) is 12.6 Å². The second-order valence-corrected chi connectivity index (χ2v) is 3.31. The number of Topliss-reactive ketones (excluding diaryl/α,β-unsaturated/α-hetero) is 2. The molecule has 0 atom stereocenters. The Bertz CT molecular complexity index is 340. The fraction of sp³-hybridized carbons (Fsp3) is 0.250. The minimum atomic E-state index is -4.92. The summed E-state index contributed by atoms with van der Waals surface area (Å²) in [4.78, 5) is 21.5. The molecule has 0 N–H and O–H groups in total. The van der Waals surface area contributed by atoms with Gasteiger partial charge in [0, 0.05) is 10.9 Å². The Kier molecular flexibility index (Phi) is 3.05. The van der Waals surface area contributed by atoms with Gasteiger partial charge in [0.2, 0.25) is 5.78 Å². The van der Waals surface area contributed by atoms with Crippen LogP contribution in [0.3, 0.4) is 0 Å². The summed E-state index contributed by atoms with van der Waals surface area (Å²) in [5.74, 6) is -2.80. The van der Waals surface area contributed by atoms with Crippen molar-refractivity contribution in [3.05, 3.63) is 22.4 Å². The molecule has 76 valence electrons. The Morgan fingerprint density at radius 2 is 2.00 bits per heavy atom. The number of carbonyl (C=O) groups excluding carboxylic acids is 2. The number of halogens is 3. The zero-order chi connectivity index (χ0) is 10.8. The summed E-state index contributed by atoms with van der Waals surface area (Å²) in [5, 5.41) is 2.97. The predicted molar refractivity (Wildman–Crippen MR) is 44.3 cm³/mol. The van der Waals surface area contributed by atoms with Gasteiger partial charge in [-0.15, -0.1) is 0 Å². The van der Waals surface area contributed by atoms with Gasteiger partial charge in [0.25, 0.3) is 0 Å². The molecule has 0 aliphatic rings. The molecule has 6 heteroatoms. The summed E-state index contributed by atoms with van der Waals surface area (Å²) < 4.78 is 35.3. The molecule has 14 heavy (non-hydrogen) atoms. The van der Waals surface area contributed by atoms with Crippen LogP contribution < -0.4 is 0 Å². The van der Waals surface area contributed by atoms with Crippen molar-refractivity contribution in [2.75, 3.05) is 0 Å². The van der Waals surface area contributed by atoms with Crippen LogP contribution in [-0.2, 0) is 4.79 Å². The van der Waals surface area contributed by atoms with Crippen molar-refractivity contribution in [3.63, 3.8) is 0 Å². The first kappa shape index (κ1) is 10.9. The Hall–Kier alpha value is -1.17. The first-order chi connectivity index (χ1) is 6.41. The lowest BCUT2D eigenvalue weighted by molar-refractivity contribution is -0.170. The third-order valence-corrected chi connectivity index (χ3v) is 2.16. The highest BCUT2D eigenvalue weighted by atomic mass is 32.1. The van der Waals surface area contributed by atoms with Crippen LogP contribution in [0.1, 0.15) is 16.8 Å². The Labute approximate surface area is 81.4 Å². The predicted octanol–water partition coefficient (Wildman–Crippen LogP) is 2.45. The number of hydrogen-bond donors (Lipinski definition) is 0.